The molecule has 1 atom stereocenters. The maximum absolute atomic E-state index is 12.4. The minimum atomic E-state index is -0.367. The summed E-state index contributed by atoms with van der Waals surface area (Å²) in [4.78, 5) is 12.4. The highest BCUT2D eigenvalue weighted by molar-refractivity contribution is 5.94. The molecule has 26 heavy (non-hydrogen) atoms. The lowest BCUT2D eigenvalue weighted by Gasteiger charge is -2.19. The summed E-state index contributed by atoms with van der Waals surface area (Å²) in [5.41, 5.74) is 1.70. The van der Waals surface area contributed by atoms with E-state index in [4.69, 9.17) is 18.9 Å². The van der Waals surface area contributed by atoms with Gasteiger partial charge in [-0.2, -0.15) is 0 Å². The van der Waals surface area contributed by atoms with Gasteiger partial charge in [-0.05, 0) is 36.8 Å². The average molecular weight is 356 g/mol. The largest absolute Gasteiger partial charge is 0.486 e. The molecule has 136 valence electrons. The van der Waals surface area contributed by atoms with E-state index >= 15 is 0 Å². The van der Waals surface area contributed by atoms with Gasteiger partial charge in [0.05, 0.1) is 6.04 Å². The van der Waals surface area contributed by atoms with Crippen LogP contribution in [0.25, 0.3) is 0 Å². The van der Waals surface area contributed by atoms with Crippen LogP contribution in [-0.2, 0) is 11.3 Å². The van der Waals surface area contributed by atoms with Gasteiger partial charge in [0.25, 0.3) is 0 Å². The molecule has 2 N–H and O–H groups in total. The molecule has 7 heteroatoms. The Labute approximate surface area is 151 Å². The lowest BCUT2D eigenvalue weighted by Crippen LogP contribution is -2.37. The molecule has 4 rings (SSSR count). The fourth-order valence-corrected chi connectivity index (χ4v) is 2.79. The number of anilines is 1. The Morgan fingerprint density at radius 1 is 0.962 bits per heavy atom. The lowest BCUT2D eigenvalue weighted by molar-refractivity contribution is -0.117. The molecule has 2 aliphatic heterocycles. The van der Waals surface area contributed by atoms with Crippen LogP contribution in [-0.4, -0.2) is 32.0 Å². The SMILES string of the molecule is C[C@@H](NCc1ccc2c(c1)OCO2)C(=O)Nc1ccc2c(c1)OCCO2. The van der Waals surface area contributed by atoms with E-state index in [1.165, 1.54) is 0 Å². The van der Waals surface area contributed by atoms with Gasteiger partial charge in [0.1, 0.15) is 13.2 Å². The third kappa shape index (κ3) is 3.52. The summed E-state index contributed by atoms with van der Waals surface area (Å²) in [5.74, 6) is 2.71. The second kappa shape index (κ2) is 7.13. The first-order valence-corrected chi connectivity index (χ1v) is 8.51. The lowest BCUT2D eigenvalue weighted by atomic mass is 10.2. The molecule has 0 radical (unpaired) electrons. The minimum Gasteiger partial charge on any atom is -0.486 e. The van der Waals surface area contributed by atoms with Crippen LogP contribution >= 0.6 is 0 Å². The Bertz CT molecular complexity index is 824. The van der Waals surface area contributed by atoms with Crippen molar-refractivity contribution in [3.63, 3.8) is 0 Å². The van der Waals surface area contributed by atoms with Crippen molar-refractivity contribution >= 4 is 11.6 Å². The van der Waals surface area contributed by atoms with Crippen LogP contribution in [0.5, 0.6) is 23.0 Å². The zero-order valence-electron chi connectivity index (χ0n) is 14.4. The van der Waals surface area contributed by atoms with Crippen LogP contribution in [0.2, 0.25) is 0 Å². The summed E-state index contributed by atoms with van der Waals surface area (Å²) in [5, 5.41) is 6.10. The van der Waals surface area contributed by atoms with E-state index in [2.05, 4.69) is 10.6 Å². The van der Waals surface area contributed by atoms with Gasteiger partial charge in [-0.1, -0.05) is 6.07 Å². The third-order valence-electron chi connectivity index (χ3n) is 4.25. The van der Waals surface area contributed by atoms with Crippen molar-refractivity contribution in [2.45, 2.75) is 19.5 Å². The van der Waals surface area contributed by atoms with Gasteiger partial charge in [0.2, 0.25) is 12.7 Å². The molecule has 2 aromatic rings. The Morgan fingerprint density at radius 2 is 1.65 bits per heavy atom. The predicted octanol–water partition coefficient (Wildman–Crippen LogP) is 2.30. The monoisotopic (exact) mass is 356 g/mol. The second-order valence-corrected chi connectivity index (χ2v) is 6.14. The number of carbonyl (C=O) groups is 1. The maximum atomic E-state index is 12.4. The molecule has 0 saturated heterocycles. The standard InChI is InChI=1S/C19H20N2O5/c1-12(20-10-13-2-4-16-17(8-13)26-11-25-16)19(22)21-14-3-5-15-18(9-14)24-7-6-23-15/h2-5,8-9,12,20H,6-7,10-11H2,1H3,(H,21,22)/t12-/m1/s1. The van der Waals surface area contributed by atoms with Gasteiger partial charge >= 0.3 is 0 Å². The van der Waals surface area contributed by atoms with Gasteiger partial charge in [-0.25, -0.2) is 0 Å². The molecule has 0 bridgehead atoms. The van der Waals surface area contributed by atoms with Crippen LogP contribution in [0.15, 0.2) is 36.4 Å². The van der Waals surface area contributed by atoms with E-state index in [1.54, 1.807) is 18.2 Å². The Balaban J connectivity index is 1.33. The van der Waals surface area contributed by atoms with Crippen molar-refractivity contribution in [2.75, 3.05) is 25.3 Å². The summed E-state index contributed by atoms with van der Waals surface area (Å²) in [6.07, 6.45) is 0. The molecular formula is C19H20N2O5. The summed E-state index contributed by atoms with van der Waals surface area (Å²) in [6, 6.07) is 10.8. The number of ether oxygens (including phenoxy) is 4. The summed E-state index contributed by atoms with van der Waals surface area (Å²) < 4.78 is 21.7. The fourth-order valence-electron chi connectivity index (χ4n) is 2.79. The summed E-state index contributed by atoms with van der Waals surface area (Å²) >= 11 is 0. The zero-order chi connectivity index (χ0) is 17.9. The molecule has 2 heterocycles. The molecule has 0 saturated carbocycles. The molecule has 1 amide bonds. The molecular weight excluding hydrogens is 336 g/mol. The summed E-state index contributed by atoms with van der Waals surface area (Å²) in [7, 11) is 0. The first kappa shape index (κ1) is 16.5. The van der Waals surface area contributed by atoms with E-state index < -0.39 is 0 Å². The molecule has 0 aliphatic carbocycles. The average Bonchev–Trinajstić information content (AvgIpc) is 3.13. The van der Waals surface area contributed by atoms with Gasteiger partial charge in [0.15, 0.2) is 23.0 Å². The minimum absolute atomic E-state index is 0.123. The number of hydrogen-bond acceptors (Lipinski definition) is 6. The number of nitrogens with one attached hydrogen (secondary N) is 2. The molecule has 2 aliphatic rings. The van der Waals surface area contributed by atoms with Crippen LogP contribution in [0.1, 0.15) is 12.5 Å². The van der Waals surface area contributed by atoms with E-state index in [9.17, 15) is 4.79 Å². The predicted molar refractivity (Wildman–Crippen MR) is 94.9 cm³/mol. The normalized spacial score (nSPS) is 15.4. The van der Waals surface area contributed by atoms with Crippen LogP contribution in [0.3, 0.4) is 0 Å². The molecule has 2 aromatic carbocycles. The fraction of sp³-hybridized carbons (Fsp3) is 0.316. The van der Waals surface area contributed by atoms with Gasteiger partial charge in [0, 0.05) is 18.3 Å². The quantitative estimate of drug-likeness (QED) is 0.856. The van der Waals surface area contributed by atoms with Gasteiger partial charge < -0.3 is 29.6 Å². The van der Waals surface area contributed by atoms with Crippen LogP contribution in [0, 0.1) is 0 Å². The van der Waals surface area contributed by atoms with E-state index in [0.29, 0.717) is 36.9 Å². The Hall–Kier alpha value is -2.93. The van der Waals surface area contributed by atoms with Crippen molar-refractivity contribution in [1.29, 1.82) is 0 Å². The van der Waals surface area contributed by atoms with Gasteiger partial charge in [-0.3, -0.25) is 4.79 Å². The molecule has 7 nitrogen and oxygen atoms in total. The Morgan fingerprint density at radius 3 is 2.54 bits per heavy atom. The smallest absolute Gasteiger partial charge is 0.241 e. The van der Waals surface area contributed by atoms with E-state index in [0.717, 1.165) is 17.1 Å². The zero-order valence-corrected chi connectivity index (χ0v) is 14.4. The van der Waals surface area contributed by atoms with Crippen LogP contribution in [0.4, 0.5) is 5.69 Å². The van der Waals surface area contributed by atoms with Crippen molar-refractivity contribution in [2.24, 2.45) is 0 Å². The Kier molecular flexibility index (Phi) is 4.53. The molecule has 0 spiro atoms. The van der Waals surface area contributed by atoms with E-state index in [1.807, 2.05) is 25.1 Å². The number of benzene rings is 2. The molecule has 0 unspecified atom stereocenters. The first-order chi connectivity index (χ1) is 12.7. The van der Waals surface area contributed by atoms with Crippen molar-refractivity contribution in [3.8, 4) is 23.0 Å². The van der Waals surface area contributed by atoms with E-state index in [-0.39, 0.29) is 18.7 Å². The number of carbonyl (C=O) groups excluding carboxylic acids is 1. The van der Waals surface area contributed by atoms with Crippen molar-refractivity contribution in [3.05, 3.63) is 42.0 Å². The molecule has 0 aromatic heterocycles. The highest BCUT2D eigenvalue weighted by Crippen LogP contribution is 2.33. The van der Waals surface area contributed by atoms with Crippen molar-refractivity contribution < 1.29 is 23.7 Å². The first-order valence-electron chi connectivity index (χ1n) is 8.51. The topological polar surface area (TPSA) is 78.1 Å². The van der Waals surface area contributed by atoms with Gasteiger partial charge in [-0.15, -0.1) is 0 Å². The number of hydrogen-bond donors (Lipinski definition) is 2. The molecule has 0 fully saturated rings. The van der Waals surface area contributed by atoms with Crippen LogP contribution < -0.4 is 29.6 Å². The highest BCUT2D eigenvalue weighted by Gasteiger charge is 2.17. The summed E-state index contributed by atoms with van der Waals surface area (Å²) in [6.45, 7) is 3.67. The number of rotatable bonds is 5. The second-order valence-electron chi connectivity index (χ2n) is 6.14. The number of amides is 1. The highest BCUT2D eigenvalue weighted by atomic mass is 16.7. The third-order valence-corrected chi connectivity index (χ3v) is 4.25. The number of fused-ring (bicyclic) bond motifs is 2. The van der Waals surface area contributed by atoms with Crippen molar-refractivity contribution in [1.82, 2.24) is 5.32 Å². The maximum Gasteiger partial charge on any atom is 0.241 e.